The fourth-order valence-electron chi connectivity index (χ4n) is 2.48. The van der Waals surface area contributed by atoms with Crippen molar-refractivity contribution in [2.45, 2.75) is 44.3 Å². The molecule has 0 spiro atoms. The van der Waals surface area contributed by atoms with Crippen molar-refractivity contribution in [1.82, 2.24) is 0 Å². The minimum atomic E-state index is -0.908. The average Bonchev–Trinajstić information content (AvgIpc) is 2.34. The normalized spacial score (nSPS) is 30.4. The molecule has 2 rings (SSSR count). The van der Waals surface area contributed by atoms with Crippen LogP contribution in [0.1, 0.15) is 38.2 Å². The lowest BCUT2D eigenvalue weighted by Crippen LogP contribution is -2.51. The fourth-order valence-corrected chi connectivity index (χ4v) is 2.48. The van der Waals surface area contributed by atoms with E-state index < -0.39 is 23.6 Å². The van der Waals surface area contributed by atoms with Crippen LogP contribution in [-0.2, 0) is 4.79 Å². The highest BCUT2D eigenvalue weighted by atomic mass is 16.5. The smallest absolute Gasteiger partial charge is 0.304 e. The zero-order valence-electron chi connectivity index (χ0n) is 10.6. The van der Waals surface area contributed by atoms with Crippen LogP contribution in [0.15, 0.2) is 24.3 Å². The molecular formula is C14H18O4. The second-order valence-electron chi connectivity index (χ2n) is 4.96. The highest BCUT2D eigenvalue weighted by Crippen LogP contribution is 2.43. The quantitative estimate of drug-likeness (QED) is 0.862. The lowest BCUT2D eigenvalue weighted by Gasteiger charge is -2.43. The van der Waals surface area contributed by atoms with Crippen molar-refractivity contribution in [2.75, 3.05) is 0 Å². The lowest BCUT2D eigenvalue weighted by molar-refractivity contribution is -0.140. The number of aliphatic hydroxyl groups excluding tert-OH is 1. The van der Waals surface area contributed by atoms with Crippen LogP contribution in [0.25, 0.3) is 0 Å². The van der Waals surface area contributed by atoms with Crippen LogP contribution in [0.2, 0.25) is 0 Å². The van der Waals surface area contributed by atoms with Crippen LogP contribution < -0.4 is 4.74 Å². The van der Waals surface area contributed by atoms with E-state index in [2.05, 4.69) is 0 Å². The molecule has 0 saturated carbocycles. The number of aliphatic hydroxyl groups is 1. The molecule has 0 amide bonds. The number of hydrogen-bond donors (Lipinski definition) is 2. The molecule has 0 aromatic heterocycles. The summed E-state index contributed by atoms with van der Waals surface area (Å²) in [5, 5.41) is 19.4. The van der Waals surface area contributed by atoms with Crippen molar-refractivity contribution < 1.29 is 19.7 Å². The molecule has 4 heteroatoms. The van der Waals surface area contributed by atoms with Crippen LogP contribution >= 0.6 is 0 Å². The number of aliphatic carboxylic acids is 1. The number of rotatable bonds is 3. The molecule has 1 aliphatic rings. The van der Waals surface area contributed by atoms with Crippen LogP contribution in [-0.4, -0.2) is 27.9 Å². The summed E-state index contributed by atoms with van der Waals surface area (Å²) in [5.41, 5.74) is 0.0485. The number of carboxylic acid groups (broad SMARTS) is 1. The summed E-state index contributed by atoms with van der Waals surface area (Å²) in [6.45, 7) is 3.75. The topological polar surface area (TPSA) is 66.8 Å². The summed E-state index contributed by atoms with van der Waals surface area (Å²) < 4.78 is 5.85. The van der Waals surface area contributed by atoms with E-state index in [4.69, 9.17) is 9.84 Å². The van der Waals surface area contributed by atoms with Gasteiger partial charge in [-0.05, 0) is 19.4 Å². The molecule has 2 N–H and O–H groups in total. The maximum absolute atomic E-state index is 11.0. The van der Waals surface area contributed by atoms with E-state index in [1.54, 1.807) is 0 Å². The van der Waals surface area contributed by atoms with Gasteiger partial charge in [-0.25, -0.2) is 0 Å². The molecule has 98 valence electrons. The molecule has 18 heavy (non-hydrogen) atoms. The second kappa shape index (κ2) is 4.61. The molecule has 1 aromatic carbocycles. The summed E-state index contributed by atoms with van der Waals surface area (Å²) >= 11 is 0. The van der Waals surface area contributed by atoms with Gasteiger partial charge in [0.2, 0.25) is 0 Å². The summed E-state index contributed by atoms with van der Waals surface area (Å²) in [6.07, 6.45) is -0.274. The van der Waals surface area contributed by atoms with E-state index in [9.17, 15) is 9.90 Å². The second-order valence-corrected chi connectivity index (χ2v) is 4.96. The van der Waals surface area contributed by atoms with Crippen LogP contribution in [0, 0.1) is 0 Å². The summed E-state index contributed by atoms with van der Waals surface area (Å²) in [5.74, 6) is -0.648. The summed E-state index contributed by atoms with van der Waals surface area (Å²) in [6, 6.07) is 7.33. The van der Waals surface area contributed by atoms with Crippen molar-refractivity contribution >= 4 is 5.97 Å². The number of benzene rings is 1. The molecule has 3 atom stereocenters. The van der Waals surface area contributed by atoms with Crippen molar-refractivity contribution in [2.24, 2.45) is 0 Å². The Kier molecular flexibility index (Phi) is 3.30. The third-order valence-corrected chi connectivity index (χ3v) is 3.76. The van der Waals surface area contributed by atoms with Gasteiger partial charge in [0.15, 0.2) is 0 Å². The van der Waals surface area contributed by atoms with Gasteiger partial charge in [0.05, 0.1) is 6.42 Å². The molecule has 1 aliphatic heterocycles. The van der Waals surface area contributed by atoms with E-state index in [0.717, 1.165) is 5.56 Å². The Morgan fingerprint density at radius 2 is 2.11 bits per heavy atom. The molecule has 2 unspecified atom stereocenters. The molecule has 1 heterocycles. The van der Waals surface area contributed by atoms with E-state index in [-0.39, 0.29) is 6.42 Å². The molecule has 0 radical (unpaired) electrons. The first-order chi connectivity index (χ1) is 8.48. The fraction of sp³-hybridized carbons (Fsp3) is 0.500. The predicted octanol–water partition coefficient (Wildman–Crippen LogP) is 2.17. The number of fused-ring (bicyclic) bond motifs is 1. The average molecular weight is 250 g/mol. The molecule has 0 bridgehead atoms. The Labute approximate surface area is 106 Å². The van der Waals surface area contributed by atoms with Crippen molar-refractivity contribution in [3.05, 3.63) is 29.8 Å². The highest BCUT2D eigenvalue weighted by Gasteiger charge is 2.45. The van der Waals surface area contributed by atoms with E-state index in [1.807, 2.05) is 38.1 Å². The summed E-state index contributed by atoms with van der Waals surface area (Å²) in [7, 11) is 0. The van der Waals surface area contributed by atoms with Gasteiger partial charge in [-0.15, -0.1) is 0 Å². The van der Waals surface area contributed by atoms with E-state index in [0.29, 0.717) is 12.2 Å². The summed E-state index contributed by atoms with van der Waals surface area (Å²) in [4.78, 5) is 11.0. The minimum Gasteiger partial charge on any atom is -0.485 e. The third-order valence-electron chi connectivity index (χ3n) is 3.76. The van der Waals surface area contributed by atoms with E-state index >= 15 is 0 Å². The highest BCUT2D eigenvalue weighted by molar-refractivity contribution is 5.68. The first-order valence-electron chi connectivity index (χ1n) is 6.15. The molecule has 0 aliphatic carbocycles. The Morgan fingerprint density at radius 3 is 2.72 bits per heavy atom. The zero-order chi connectivity index (χ0) is 13.3. The number of para-hydroxylation sites is 1. The number of ether oxygens (including phenoxy) is 1. The zero-order valence-corrected chi connectivity index (χ0v) is 10.6. The van der Waals surface area contributed by atoms with Crippen molar-refractivity contribution in [1.29, 1.82) is 0 Å². The maximum Gasteiger partial charge on any atom is 0.304 e. The van der Waals surface area contributed by atoms with Gasteiger partial charge in [0.1, 0.15) is 17.5 Å². The van der Waals surface area contributed by atoms with Crippen LogP contribution in [0.4, 0.5) is 0 Å². The van der Waals surface area contributed by atoms with Gasteiger partial charge in [0, 0.05) is 11.5 Å². The third kappa shape index (κ3) is 2.08. The van der Waals surface area contributed by atoms with Crippen molar-refractivity contribution in [3.8, 4) is 5.75 Å². The van der Waals surface area contributed by atoms with Gasteiger partial charge < -0.3 is 14.9 Å². The van der Waals surface area contributed by atoms with Gasteiger partial charge in [-0.1, -0.05) is 25.1 Å². The maximum atomic E-state index is 11.0. The molecular weight excluding hydrogens is 232 g/mol. The Hall–Kier alpha value is -1.55. The first-order valence-corrected chi connectivity index (χ1v) is 6.15. The van der Waals surface area contributed by atoms with Crippen molar-refractivity contribution in [3.63, 3.8) is 0 Å². The van der Waals surface area contributed by atoms with Crippen LogP contribution in [0.5, 0.6) is 5.75 Å². The number of carbonyl (C=O) groups is 1. The predicted molar refractivity (Wildman–Crippen MR) is 66.8 cm³/mol. The van der Waals surface area contributed by atoms with Gasteiger partial charge in [-0.2, -0.15) is 0 Å². The molecule has 1 aromatic rings. The van der Waals surface area contributed by atoms with Crippen LogP contribution in [0.3, 0.4) is 0 Å². The van der Waals surface area contributed by atoms with Gasteiger partial charge >= 0.3 is 5.97 Å². The SMILES string of the molecule is CC[C@@]1(C)Oc2ccccc2C(CC(=O)O)C1O. The first kappa shape index (κ1) is 12.9. The minimum absolute atomic E-state index is 0.0862. The lowest BCUT2D eigenvalue weighted by atomic mass is 9.78. The molecule has 0 saturated heterocycles. The molecule has 4 nitrogen and oxygen atoms in total. The van der Waals surface area contributed by atoms with E-state index in [1.165, 1.54) is 0 Å². The number of carboxylic acids is 1. The molecule has 0 fully saturated rings. The largest absolute Gasteiger partial charge is 0.485 e. The monoisotopic (exact) mass is 250 g/mol. The Morgan fingerprint density at radius 1 is 1.44 bits per heavy atom. The van der Waals surface area contributed by atoms with Gasteiger partial charge in [-0.3, -0.25) is 4.79 Å². The van der Waals surface area contributed by atoms with Gasteiger partial charge in [0.25, 0.3) is 0 Å². The number of hydrogen-bond acceptors (Lipinski definition) is 3. The Bertz CT molecular complexity index is 457. The Balaban J connectivity index is 2.45. The standard InChI is InChI=1S/C14H18O4/c1-3-14(2)13(17)10(8-12(15)16)9-6-4-5-7-11(9)18-14/h4-7,10,13,17H,3,8H2,1-2H3,(H,15,16)/t10?,13?,14-/m1/s1.